The Morgan fingerprint density at radius 1 is 1.00 bits per heavy atom. The third-order valence-electron chi connectivity index (χ3n) is 4.24. The maximum atomic E-state index is 5.44. The van der Waals surface area contributed by atoms with Crippen molar-refractivity contribution in [1.82, 2.24) is 4.90 Å². The van der Waals surface area contributed by atoms with Gasteiger partial charge in [0.15, 0.2) is 0 Å². The molecule has 110 valence electrons. The van der Waals surface area contributed by atoms with Crippen molar-refractivity contribution in [2.24, 2.45) is 0 Å². The van der Waals surface area contributed by atoms with Crippen molar-refractivity contribution in [2.45, 2.75) is 25.8 Å². The van der Waals surface area contributed by atoms with E-state index in [9.17, 15) is 0 Å². The minimum absolute atomic E-state index is 0.871. The van der Waals surface area contributed by atoms with E-state index >= 15 is 0 Å². The van der Waals surface area contributed by atoms with Gasteiger partial charge in [0.1, 0.15) is 0 Å². The molecule has 0 aliphatic carbocycles. The van der Waals surface area contributed by atoms with Crippen LogP contribution in [0.15, 0.2) is 22.7 Å². The van der Waals surface area contributed by atoms with E-state index in [0.717, 1.165) is 32.8 Å². The molecule has 2 saturated heterocycles. The molecule has 0 saturated carbocycles. The Hall–Kier alpha value is -0.580. The van der Waals surface area contributed by atoms with Gasteiger partial charge in [-0.2, -0.15) is 0 Å². The lowest BCUT2D eigenvalue weighted by Crippen LogP contribution is -2.36. The molecule has 0 bridgehead atoms. The zero-order chi connectivity index (χ0) is 13.8. The maximum absolute atomic E-state index is 5.44. The number of ether oxygens (including phenoxy) is 1. The van der Waals surface area contributed by atoms with E-state index in [-0.39, 0.29) is 0 Å². The predicted molar refractivity (Wildman–Crippen MR) is 86.3 cm³/mol. The van der Waals surface area contributed by atoms with Gasteiger partial charge in [0, 0.05) is 42.9 Å². The lowest BCUT2D eigenvalue weighted by molar-refractivity contribution is 0.0342. The molecule has 0 spiro atoms. The summed E-state index contributed by atoms with van der Waals surface area (Å²) in [7, 11) is 0. The fraction of sp³-hybridized carbons (Fsp3) is 0.625. The molecule has 3 nitrogen and oxygen atoms in total. The average molecular weight is 339 g/mol. The van der Waals surface area contributed by atoms with Crippen molar-refractivity contribution >= 4 is 21.6 Å². The van der Waals surface area contributed by atoms with Gasteiger partial charge in [0.25, 0.3) is 0 Å². The lowest BCUT2D eigenvalue weighted by Gasteiger charge is -2.33. The quantitative estimate of drug-likeness (QED) is 0.841. The summed E-state index contributed by atoms with van der Waals surface area (Å²) in [6.07, 6.45) is 4.02. The molecular weight excluding hydrogens is 316 g/mol. The van der Waals surface area contributed by atoms with Crippen LogP contribution in [0.5, 0.6) is 0 Å². The molecule has 1 aromatic rings. The largest absolute Gasteiger partial charge is 0.379 e. The Balaban J connectivity index is 1.77. The number of hydrogen-bond donors (Lipinski definition) is 0. The van der Waals surface area contributed by atoms with Gasteiger partial charge in [-0.1, -0.05) is 22.0 Å². The molecule has 4 heteroatoms. The summed E-state index contributed by atoms with van der Waals surface area (Å²) < 4.78 is 6.63. The summed E-state index contributed by atoms with van der Waals surface area (Å²) in [5, 5.41) is 0. The van der Waals surface area contributed by atoms with Crippen LogP contribution in [0, 0.1) is 0 Å². The third-order valence-corrected chi connectivity index (χ3v) is 4.74. The van der Waals surface area contributed by atoms with E-state index in [1.807, 2.05) is 0 Å². The molecule has 0 unspecified atom stereocenters. The van der Waals surface area contributed by atoms with Crippen LogP contribution in [0.2, 0.25) is 0 Å². The molecule has 0 N–H and O–H groups in total. The molecule has 3 rings (SSSR count). The highest BCUT2D eigenvalue weighted by atomic mass is 79.9. The topological polar surface area (TPSA) is 15.7 Å². The Morgan fingerprint density at radius 2 is 1.75 bits per heavy atom. The van der Waals surface area contributed by atoms with E-state index in [0.29, 0.717) is 0 Å². The van der Waals surface area contributed by atoms with Gasteiger partial charge in [-0.3, -0.25) is 4.90 Å². The number of anilines is 1. The molecule has 2 aliphatic heterocycles. The zero-order valence-electron chi connectivity index (χ0n) is 12.0. The Kier molecular flexibility index (Phi) is 4.97. The van der Waals surface area contributed by atoms with Crippen LogP contribution in [-0.2, 0) is 11.3 Å². The van der Waals surface area contributed by atoms with Crippen LogP contribution in [0.1, 0.15) is 24.8 Å². The summed E-state index contributed by atoms with van der Waals surface area (Å²) in [6.45, 7) is 7.29. The summed E-state index contributed by atoms with van der Waals surface area (Å²) in [6, 6.07) is 6.74. The van der Waals surface area contributed by atoms with Crippen LogP contribution in [0.25, 0.3) is 0 Å². The van der Waals surface area contributed by atoms with Crippen molar-refractivity contribution in [2.75, 3.05) is 44.3 Å². The molecule has 0 aromatic heterocycles. The third kappa shape index (κ3) is 3.54. The van der Waals surface area contributed by atoms with Crippen molar-refractivity contribution in [3.05, 3.63) is 28.2 Å². The molecule has 2 fully saturated rings. The van der Waals surface area contributed by atoms with Crippen molar-refractivity contribution in [3.8, 4) is 0 Å². The number of halogens is 1. The highest BCUT2D eigenvalue weighted by Crippen LogP contribution is 2.29. The molecular formula is C16H23BrN2O. The highest BCUT2D eigenvalue weighted by molar-refractivity contribution is 9.10. The lowest BCUT2D eigenvalue weighted by atomic mass is 10.1. The summed E-state index contributed by atoms with van der Waals surface area (Å²) >= 11 is 3.63. The molecule has 1 aromatic carbocycles. The Labute approximate surface area is 130 Å². The normalized spacial score (nSPS) is 21.1. The standard InChI is InChI=1S/C16H23BrN2O/c17-15-5-4-14(13-18-8-10-20-11-9-18)16(12-15)19-6-2-1-3-7-19/h4-5,12H,1-3,6-11,13H2. The zero-order valence-corrected chi connectivity index (χ0v) is 13.6. The van der Waals surface area contributed by atoms with Gasteiger partial charge < -0.3 is 9.64 Å². The van der Waals surface area contributed by atoms with Crippen LogP contribution in [0.4, 0.5) is 5.69 Å². The SMILES string of the molecule is Brc1ccc(CN2CCOCC2)c(N2CCCCC2)c1. The van der Waals surface area contributed by atoms with E-state index < -0.39 is 0 Å². The highest BCUT2D eigenvalue weighted by Gasteiger charge is 2.17. The summed E-state index contributed by atoms with van der Waals surface area (Å²) in [5.41, 5.74) is 2.88. The van der Waals surface area contributed by atoms with Crippen LogP contribution in [-0.4, -0.2) is 44.3 Å². The van der Waals surface area contributed by atoms with Gasteiger partial charge in [0.2, 0.25) is 0 Å². The second kappa shape index (κ2) is 6.92. The van der Waals surface area contributed by atoms with Crippen molar-refractivity contribution in [3.63, 3.8) is 0 Å². The van der Waals surface area contributed by atoms with E-state index in [1.165, 1.54) is 48.1 Å². The number of hydrogen-bond acceptors (Lipinski definition) is 3. The van der Waals surface area contributed by atoms with Gasteiger partial charge in [-0.15, -0.1) is 0 Å². The average Bonchev–Trinajstić information content (AvgIpc) is 2.51. The number of benzene rings is 1. The first-order valence-corrected chi connectivity index (χ1v) is 8.46. The fourth-order valence-electron chi connectivity index (χ4n) is 3.10. The van der Waals surface area contributed by atoms with Gasteiger partial charge >= 0.3 is 0 Å². The van der Waals surface area contributed by atoms with Crippen LogP contribution in [0.3, 0.4) is 0 Å². The second-order valence-corrected chi connectivity index (χ2v) is 6.62. The number of morpholine rings is 1. The summed E-state index contributed by atoms with van der Waals surface area (Å²) in [5.74, 6) is 0. The molecule has 2 heterocycles. The predicted octanol–water partition coefficient (Wildman–Crippen LogP) is 3.27. The van der Waals surface area contributed by atoms with Gasteiger partial charge in [-0.25, -0.2) is 0 Å². The molecule has 20 heavy (non-hydrogen) atoms. The molecule has 2 aliphatic rings. The second-order valence-electron chi connectivity index (χ2n) is 5.71. The molecule has 0 atom stereocenters. The van der Waals surface area contributed by atoms with E-state index in [1.54, 1.807) is 0 Å². The maximum Gasteiger partial charge on any atom is 0.0594 e. The first-order valence-electron chi connectivity index (χ1n) is 7.66. The number of rotatable bonds is 3. The Morgan fingerprint density at radius 3 is 2.50 bits per heavy atom. The number of piperidine rings is 1. The Bertz CT molecular complexity index is 440. The number of nitrogens with zero attached hydrogens (tertiary/aromatic N) is 2. The minimum Gasteiger partial charge on any atom is -0.379 e. The van der Waals surface area contributed by atoms with E-state index in [2.05, 4.69) is 43.9 Å². The monoisotopic (exact) mass is 338 g/mol. The van der Waals surface area contributed by atoms with Gasteiger partial charge in [-0.05, 0) is 37.0 Å². The van der Waals surface area contributed by atoms with Crippen molar-refractivity contribution < 1.29 is 4.74 Å². The minimum atomic E-state index is 0.871. The molecule has 0 radical (unpaired) electrons. The van der Waals surface area contributed by atoms with Crippen LogP contribution >= 0.6 is 15.9 Å². The van der Waals surface area contributed by atoms with Crippen molar-refractivity contribution in [1.29, 1.82) is 0 Å². The van der Waals surface area contributed by atoms with Crippen LogP contribution < -0.4 is 4.90 Å². The van der Waals surface area contributed by atoms with Gasteiger partial charge in [0.05, 0.1) is 13.2 Å². The first-order chi connectivity index (χ1) is 9.83. The first kappa shape index (κ1) is 14.4. The fourth-order valence-corrected chi connectivity index (χ4v) is 3.45. The molecule has 0 amide bonds. The smallest absolute Gasteiger partial charge is 0.0594 e. The summed E-state index contributed by atoms with van der Waals surface area (Å²) in [4.78, 5) is 5.06. The van der Waals surface area contributed by atoms with E-state index in [4.69, 9.17) is 4.74 Å².